The molecule has 4 heterocycles. The summed E-state index contributed by atoms with van der Waals surface area (Å²) in [5.74, 6) is -0.718. The summed E-state index contributed by atoms with van der Waals surface area (Å²) in [7, 11) is 0. The third-order valence-corrected chi connectivity index (χ3v) is 5.33. The van der Waals surface area contributed by atoms with Gasteiger partial charge in [0.1, 0.15) is 11.5 Å². The van der Waals surface area contributed by atoms with Crippen LogP contribution in [0.1, 0.15) is 17.3 Å². The van der Waals surface area contributed by atoms with Crippen LogP contribution >= 0.6 is 11.6 Å². The minimum atomic E-state index is -0.548. The minimum absolute atomic E-state index is 0.0537. The van der Waals surface area contributed by atoms with Crippen molar-refractivity contribution in [2.45, 2.75) is 13.0 Å². The molecule has 31 heavy (non-hydrogen) atoms. The molecule has 0 aromatic carbocycles. The van der Waals surface area contributed by atoms with Crippen molar-refractivity contribution in [3.05, 3.63) is 71.4 Å². The number of hydrogen-bond donors (Lipinski definition) is 2. The number of pyridine rings is 1. The number of hydrogen-bond acceptors (Lipinski definition) is 4. The first-order chi connectivity index (χ1) is 15.0. The Kier molecular flexibility index (Phi) is 6.01. The average Bonchev–Trinajstić information content (AvgIpc) is 3.46. The zero-order valence-corrected chi connectivity index (χ0v) is 17.6. The molecular weight excluding hydrogens is 421 g/mol. The SMILES string of the molecule is C=C(/C=C\C(F)=C(/C)Cl)[C@H]1COCCN1C(=O)c1c[nH]c2nc(-c3cn[nH]c3)ccc12. The van der Waals surface area contributed by atoms with Crippen molar-refractivity contribution in [2.24, 2.45) is 0 Å². The zero-order valence-electron chi connectivity index (χ0n) is 16.9. The normalized spacial score (nSPS) is 17.9. The standard InChI is InChI=1S/C22H21ClFN5O2/c1-13(3-5-18(24)14(2)23)20-12-31-8-7-29(20)22(30)17-11-25-21-16(17)4-6-19(28-21)15-9-26-27-10-15/h3-6,9-11,20H,1,7-8,12H2,2H3,(H,25,28)(H,26,27)/b5-3-,18-14-/t20-/m1/s1. The van der Waals surface area contributed by atoms with Gasteiger partial charge in [0.15, 0.2) is 0 Å². The van der Waals surface area contributed by atoms with Gasteiger partial charge >= 0.3 is 0 Å². The monoisotopic (exact) mass is 441 g/mol. The summed E-state index contributed by atoms with van der Waals surface area (Å²) in [5, 5.41) is 7.47. The number of rotatable bonds is 5. The van der Waals surface area contributed by atoms with Crippen LogP contribution in [0.25, 0.3) is 22.3 Å². The first-order valence-corrected chi connectivity index (χ1v) is 10.1. The third-order valence-electron chi connectivity index (χ3n) is 5.15. The maximum atomic E-state index is 13.7. The molecule has 0 saturated carbocycles. The van der Waals surface area contributed by atoms with Crippen LogP contribution in [0.4, 0.5) is 4.39 Å². The molecule has 0 bridgehead atoms. The molecule has 0 unspecified atom stereocenters. The molecular formula is C22H21ClFN5O2. The second kappa shape index (κ2) is 8.87. The van der Waals surface area contributed by atoms with Crippen LogP contribution in [-0.4, -0.2) is 56.8 Å². The number of halogens is 2. The molecule has 3 aromatic rings. The largest absolute Gasteiger partial charge is 0.377 e. The van der Waals surface area contributed by atoms with Gasteiger partial charge < -0.3 is 14.6 Å². The predicted octanol–water partition coefficient (Wildman–Crippen LogP) is 4.35. The molecule has 0 radical (unpaired) electrons. The molecule has 3 aromatic heterocycles. The first kappa shape index (κ1) is 21.0. The van der Waals surface area contributed by atoms with Crippen molar-refractivity contribution in [1.82, 2.24) is 25.1 Å². The van der Waals surface area contributed by atoms with Gasteiger partial charge in [0.2, 0.25) is 0 Å². The summed E-state index contributed by atoms with van der Waals surface area (Å²) in [6.07, 6.45) is 7.86. The van der Waals surface area contributed by atoms with Gasteiger partial charge in [0, 0.05) is 29.9 Å². The van der Waals surface area contributed by atoms with Crippen LogP contribution < -0.4 is 0 Å². The molecule has 0 aliphatic carbocycles. The highest BCUT2D eigenvalue weighted by Crippen LogP contribution is 2.26. The molecule has 160 valence electrons. The van der Waals surface area contributed by atoms with E-state index in [0.717, 1.165) is 16.6 Å². The summed E-state index contributed by atoms with van der Waals surface area (Å²) in [6.45, 7) is 6.57. The van der Waals surface area contributed by atoms with E-state index in [2.05, 4.69) is 26.7 Å². The highest BCUT2D eigenvalue weighted by molar-refractivity contribution is 6.29. The first-order valence-electron chi connectivity index (χ1n) is 9.70. The van der Waals surface area contributed by atoms with Crippen LogP contribution in [0.15, 0.2) is 65.9 Å². The summed E-state index contributed by atoms with van der Waals surface area (Å²) in [6, 6.07) is 3.30. The zero-order chi connectivity index (χ0) is 22.0. The lowest BCUT2D eigenvalue weighted by molar-refractivity contribution is 0.00940. The van der Waals surface area contributed by atoms with Crippen molar-refractivity contribution in [2.75, 3.05) is 19.8 Å². The molecule has 1 amide bonds. The number of aromatic nitrogens is 4. The molecule has 1 saturated heterocycles. The second-order valence-electron chi connectivity index (χ2n) is 7.16. The number of H-pyrrole nitrogens is 2. The Morgan fingerprint density at radius 1 is 1.39 bits per heavy atom. The second-order valence-corrected chi connectivity index (χ2v) is 7.73. The fourth-order valence-electron chi connectivity index (χ4n) is 3.45. The minimum Gasteiger partial charge on any atom is -0.377 e. The quantitative estimate of drug-likeness (QED) is 0.576. The summed E-state index contributed by atoms with van der Waals surface area (Å²) in [4.78, 5) is 22.7. The molecule has 1 fully saturated rings. The fourth-order valence-corrected chi connectivity index (χ4v) is 3.51. The number of carbonyl (C=O) groups is 1. The number of ether oxygens (including phenoxy) is 1. The number of carbonyl (C=O) groups excluding carboxylic acids is 1. The number of amides is 1. The van der Waals surface area contributed by atoms with Gasteiger partial charge in [-0.1, -0.05) is 24.3 Å². The van der Waals surface area contributed by atoms with Crippen LogP contribution in [0.3, 0.4) is 0 Å². The number of aromatic amines is 2. The molecule has 7 nitrogen and oxygen atoms in total. The van der Waals surface area contributed by atoms with E-state index in [1.54, 1.807) is 23.5 Å². The van der Waals surface area contributed by atoms with Gasteiger partial charge in [0.05, 0.1) is 41.7 Å². The van der Waals surface area contributed by atoms with E-state index < -0.39 is 11.9 Å². The number of fused-ring (bicyclic) bond motifs is 1. The summed E-state index contributed by atoms with van der Waals surface area (Å²) < 4.78 is 19.3. The Hall–Kier alpha value is -3.23. The lowest BCUT2D eigenvalue weighted by atomic mass is 10.0. The number of nitrogens with one attached hydrogen (secondary N) is 2. The topological polar surface area (TPSA) is 86.9 Å². The van der Waals surface area contributed by atoms with Crippen LogP contribution in [0, 0.1) is 0 Å². The van der Waals surface area contributed by atoms with Crippen molar-refractivity contribution >= 4 is 28.5 Å². The Bertz CT molecular complexity index is 1180. The predicted molar refractivity (Wildman–Crippen MR) is 117 cm³/mol. The molecule has 0 spiro atoms. The van der Waals surface area contributed by atoms with Gasteiger partial charge in [-0.3, -0.25) is 9.89 Å². The maximum absolute atomic E-state index is 13.7. The molecule has 1 atom stereocenters. The Morgan fingerprint density at radius 2 is 2.23 bits per heavy atom. The van der Waals surface area contributed by atoms with E-state index in [-0.39, 0.29) is 17.5 Å². The molecule has 9 heteroatoms. The van der Waals surface area contributed by atoms with E-state index in [0.29, 0.717) is 29.9 Å². The van der Waals surface area contributed by atoms with Crippen molar-refractivity contribution < 1.29 is 13.9 Å². The highest BCUT2D eigenvalue weighted by atomic mass is 35.5. The van der Waals surface area contributed by atoms with E-state index in [1.165, 1.54) is 19.1 Å². The lowest BCUT2D eigenvalue weighted by Crippen LogP contribution is -2.49. The Labute approximate surface area is 183 Å². The van der Waals surface area contributed by atoms with Crippen molar-refractivity contribution in [3.8, 4) is 11.3 Å². The van der Waals surface area contributed by atoms with Crippen LogP contribution in [0.2, 0.25) is 0 Å². The molecule has 1 aliphatic heterocycles. The molecule has 4 rings (SSSR count). The third kappa shape index (κ3) is 4.30. The fraction of sp³-hybridized carbons (Fsp3) is 0.227. The van der Waals surface area contributed by atoms with Gasteiger partial charge in [-0.15, -0.1) is 0 Å². The lowest BCUT2D eigenvalue weighted by Gasteiger charge is -2.36. The van der Waals surface area contributed by atoms with Crippen molar-refractivity contribution in [3.63, 3.8) is 0 Å². The number of morpholine rings is 1. The summed E-state index contributed by atoms with van der Waals surface area (Å²) in [5.41, 5.74) is 3.27. The Morgan fingerprint density at radius 3 is 2.97 bits per heavy atom. The molecule has 2 N–H and O–H groups in total. The van der Waals surface area contributed by atoms with E-state index in [1.807, 2.05) is 12.1 Å². The number of nitrogens with zero attached hydrogens (tertiary/aromatic N) is 3. The maximum Gasteiger partial charge on any atom is 0.256 e. The van der Waals surface area contributed by atoms with Gasteiger partial charge in [-0.25, -0.2) is 9.37 Å². The highest BCUT2D eigenvalue weighted by Gasteiger charge is 2.30. The van der Waals surface area contributed by atoms with Gasteiger partial charge in [-0.05, 0) is 30.7 Å². The number of allylic oxidation sites excluding steroid dienone is 3. The average molecular weight is 442 g/mol. The van der Waals surface area contributed by atoms with E-state index >= 15 is 0 Å². The van der Waals surface area contributed by atoms with E-state index in [9.17, 15) is 9.18 Å². The molecule has 1 aliphatic rings. The van der Waals surface area contributed by atoms with Crippen LogP contribution in [0.5, 0.6) is 0 Å². The van der Waals surface area contributed by atoms with E-state index in [4.69, 9.17) is 16.3 Å². The van der Waals surface area contributed by atoms with Crippen molar-refractivity contribution in [1.29, 1.82) is 0 Å². The Balaban J connectivity index is 1.60. The van der Waals surface area contributed by atoms with Crippen LogP contribution in [-0.2, 0) is 4.74 Å². The van der Waals surface area contributed by atoms with Gasteiger partial charge in [-0.2, -0.15) is 5.10 Å². The van der Waals surface area contributed by atoms with Gasteiger partial charge in [0.25, 0.3) is 5.91 Å². The smallest absolute Gasteiger partial charge is 0.256 e. The summed E-state index contributed by atoms with van der Waals surface area (Å²) >= 11 is 5.66.